The zero-order chi connectivity index (χ0) is 8.72. The summed E-state index contributed by atoms with van der Waals surface area (Å²) < 4.78 is 0.921. The van der Waals surface area contributed by atoms with E-state index >= 15 is 0 Å². The predicted molar refractivity (Wildman–Crippen MR) is 49.9 cm³/mol. The highest BCUT2D eigenvalue weighted by molar-refractivity contribution is 7.17. The Kier molecular flexibility index (Phi) is 1.48. The molecule has 0 saturated carbocycles. The number of phenolic OH excluding ortho intramolecular Hbond substituents is 1. The lowest BCUT2D eigenvalue weighted by molar-refractivity contribution is 0.465. The molecular formula is C9H8O2S. The Hall–Kier alpha value is -1.22. The van der Waals surface area contributed by atoms with E-state index in [9.17, 15) is 10.2 Å². The van der Waals surface area contributed by atoms with Crippen LogP contribution >= 0.6 is 11.3 Å². The first-order chi connectivity index (χ1) is 5.68. The van der Waals surface area contributed by atoms with Gasteiger partial charge in [0.05, 0.1) is 5.39 Å². The quantitative estimate of drug-likeness (QED) is 0.654. The van der Waals surface area contributed by atoms with Crippen LogP contribution < -0.4 is 0 Å². The summed E-state index contributed by atoms with van der Waals surface area (Å²) in [6, 6.07) is 3.59. The van der Waals surface area contributed by atoms with Crippen LogP contribution in [-0.4, -0.2) is 10.2 Å². The standard InChI is InChI=1S/C9H8O2S/c1-5-2-6(10)9-7(11)4-12-8(9)3-5/h2-4,10-11H,1H3. The number of hydrogen-bond acceptors (Lipinski definition) is 3. The van der Waals surface area contributed by atoms with Gasteiger partial charge in [-0.05, 0) is 24.6 Å². The van der Waals surface area contributed by atoms with Gasteiger partial charge in [-0.2, -0.15) is 0 Å². The van der Waals surface area contributed by atoms with Crippen LogP contribution in [0.2, 0.25) is 0 Å². The molecule has 1 aromatic heterocycles. The molecule has 0 aliphatic rings. The summed E-state index contributed by atoms with van der Waals surface area (Å²) in [5.74, 6) is 0.316. The topological polar surface area (TPSA) is 40.5 Å². The molecule has 0 aliphatic carbocycles. The lowest BCUT2D eigenvalue weighted by Crippen LogP contribution is -1.72. The zero-order valence-corrected chi connectivity index (χ0v) is 7.35. The summed E-state index contributed by atoms with van der Waals surface area (Å²) in [6.07, 6.45) is 0. The van der Waals surface area contributed by atoms with Crippen molar-refractivity contribution in [1.29, 1.82) is 0 Å². The normalized spacial score (nSPS) is 10.8. The van der Waals surface area contributed by atoms with Crippen molar-refractivity contribution in [2.45, 2.75) is 6.92 Å². The van der Waals surface area contributed by atoms with Gasteiger partial charge in [-0.15, -0.1) is 11.3 Å². The lowest BCUT2D eigenvalue weighted by Gasteiger charge is -1.97. The minimum Gasteiger partial charge on any atom is -0.507 e. The minimum atomic E-state index is 0.156. The second kappa shape index (κ2) is 2.38. The molecule has 0 atom stereocenters. The van der Waals surface area contributed by atoms with E-state index in [1.165, 1.54) is 11.3 Å². The van der Waals surface area contributed by atoms with E-state index in [4.69, 9.17) is 0 Å². The fourth-order valence-electron chi connectivity index (χ4n) is 1.26. The Morgan fingerprint density at radius 2 is 1.92 bits per heavy atom. The van der Waals surface area contributed by atoms with E-state index in [-0.39, 0.29) is 11.5 Å². The van der Waals surface area contributed by atoms with Crippen molar-refractivity contribution in [1.82, 2.24) is 0 Å². The third-order valence-corrected chi connectivity index (χ3v) is 2.70. The molecule has 0 amide bonds. The first-order valence-corrected chi connectivity index (χ1v) is 4.46. The molecule has 62 valence electrons. The van der Waals surface area contributed by atoms with Crippen LogP contribution in [0, 0.1) is 6.92 Å². The Balaban J connectivity index is 2.93. The first kappa shape index (κ1) is 7.43. The summed E-state index contributed by atoms with van der Waals surface area (Å²) in [6.45, 7) is 1.91. The number of benzene rings is 1. The summed E-state index contributed by atoms with van der Waals surface area (Å²) in [7, 11) is 0. The van der Waals surface area contributed by atoms with Crippen molar-refractivity contribution >= 4 is 21.4 Å². The number of thiophene rings is 1. The Labute approximate surface area is 73.7 Å². The molecule has 0 fully saturated rings. The van der Waals surface area contributed by atoms with Crippen molar-refractivity contribution in [2.75, 3.05) is 0 Å². The van der Waals surface area contributed by atoms with Crippen molar-refractivity contribution < 1.29 is 10.2 Å². The second-order valence-electron chi connectivity index (χ2n) is 2.78. The van der Waals surface area contributed by atoms with Gasteiger partial charge in [0.2, 0.25) is 0 Å². The van der Waals surface area contributed by atoms with Crippen molar-refractivity contribution in [3.63, 3.8) is 0 Å². The first-order valence-electron chi connectivity index (χ1n) is 3.58. The Morgan fingerprint density at radius 3 is 2.67 bits per heavy atom. The van der Waals surface area contributed by atoms with Crippen molar-refractivity contribution in [3.8, 4) is 11.5 Å². The number of aryl methyl sites for hydroxylation is 1. The van der Waals surface area contributed by atoms with Gasteiger partial charge in [-0.25, -0.2) is 0 Å². The van der Waals surface area contributed by atoms with Crippen LogP contribution in [0.1, 0.15) is 5.56 Å². The smallest absolute Gasteiger partial charge is 0.137 e. The molecule has 0 spiro atoms. The molecule has 3 heteroatoms. The SMILES string of the molecule is Cc1cc(O)c2c(O)csc2c1. The van der Waals surface area contributed by atoms with E-state index in [1.807, 2.05) is 13.0 Å². The number of fused-ring (bicyclic) bond motifs is 1. The molecule has 0 bridgehead atoms. The van der Waals surface area contributed by atoms with Crippen LogP contribution in [0.3, 0.4) is 0 Å². The molecule has 0 unspecified atom stereocenters. The second-order valence-corrected chi connectivity index (χ2v) is 3.69. The number of phenols is 1. The highest BCUT2D eigenvalue weighted by Crippen LogP contribution is 2.38. The van der Waals surface area contributed by atoms with Gasteiger partial charge in [-0.1, -0.05) is 0 Å². The molecule has 2 nitrogen and oxygen atoms in total. The zero-order valence-electron chi connectivity index (χ0n) is 6.53. The van der Waals surface area contributed by atoms with E-state index in [0.29, 0.717) is 5.39 Å². The molecule has 2 aromatic rings. The Bertz CT molecular complexity index is 431. The van der Waals surface area contributed by atoms with Gasteiger partial charge in [-0.3, -0.25) is 0 Å². The highest BCUT2D eigenvalue weighted by Gasteiger charge is 2.07. The maximum absolute atomic E-state index is 9.47. The molecule has 0 aliphatic heterocycles. The Morgan fingerprint density at radius 1 is 1.17 bits per heavy atom. The summed E-state index contributed by atoms with van der Waals surface area (Å²) in [5.41, 5.74) is 1.00. The van der Waals surface area contributed by atoms with Crippen LogP contribution in [0.4, 0.5) is 0 Å². The predicted octanol–water partition coefficient (Wildman–Crippen LogP) is 2.62. The van der Waals surface area contributed by atoms with E-state index in [1.54, 1.807) is 11.4 Å². The maximum atomic E-state index is 9.47. The van der Waals surface area contributed by atoms with Crippen molar-refractivity contribution in [3.05, 3.63) is 23.1 Å². The third-order valence-electron chi connectivity index (χ3n) is 1.78. The molecule has 1 heterocycles. The van der Waals surface area contributed by atoms with Crippen LogP contribution in [0.5, 0.6) is 11.5 Å². The van der Waals surface area contributed by atoms with Gasteiger partial charge in [0, 0.05) is 10.1 Å². The minimum absolute atomic E-state index is 0.156. The van der Waals surface area contributed by atoms with E-state index in [2.05, 4.69) is 0 Å². The molecule has 0 radical (unpaired) electrons. The molecule has 0 saturated heterocycles. The summed E-state index contributed by atoms with van der Waals surface area (Å²) in [5, 5.41) is 21.0. The number of hydrogen-bond donors (Lipinski definition) is 2. The average Bonchev–Trinajstić information content (AvgIpc) is 2.31. The fraction of sp³-hybridized carbons (Fsp3) is 0.111. The highest BCUT2D eigenvalue weighted by atomic mass is 32.1. The molecule has 1 aromatic carbocycles. The van der Waals surface area contributed by atoms with Gasteiger partial charge in [0.15, 0.2) is 0 Å². The van der Waals surface area contributed by atoms with Gasteiger partial charge in [0.1, 0.15) is 11.5 Å². The number of aromatic hydroxyl groups is 2. The van der Waals surface area contributed by atoms with E-state index < -0.39 is 0 Å². The van der Waals surface area contributed by atoms with E-state index in [0.717, 1.165) is 10.3 Å². The summed E-state index contributed by atoms with van der Waals surface area (Å²) in [4.78, 5) is 0. The molecule has 2 N–H and O–H groups in total. The third kappa shape index (κ3) is 0.940. The maximum Gasteiger partial charge on any atom is 0.137 e. The van der Waals surface area contributed by atoms with Crippen molar-refractivity contribution in [2.24, 2.45) is 0 Å². The van der Waals surface area contributed by atoms with Gasteiger partial charge >= 0.3 is 0 Å². The number of rotatable bonds is 0. The van der Waals surface area contributed by atoms with Crippen LogP contribution in [0.25, 0.3) is 10.1 Å². The molecule has 2 rings (SSSR count). The monoisotopic (exact) mass is 180 g/mol. The lowest BCUT2D eigenvalue weighted by atomic mass is 10.2. The molecular weight excluding hydrogens is 172 g/mol. The van der Waals surface area contributed by atoms with Gasteiger partial charge in [0.25, 0.3) is 0 Å². The fourth-order valence-corrected chi connectivity index (χ4v) is 2.20. The average molecular weight is 180 g/mol. The van der Waals surface area contributed by atoms with Crippen LogP contribution in [0.15, 0.2) is 17.5 Å². The molecule has 12 heavy (non-hydrogen) atoms. The summed E-state index contributed by atoms with van der Waals surface area (Å²) >= 11 is 1.43. The van der Waals surface area contributed by atoms with Gasteiger partial charge < -0.3 is 10.2 Å². The van der Waals surface area contributed by atoms with Crippen LogP contribution in [-0.2, 0) is 0 Å². The largest absolute Gasteiger partial charge is 0.507 e.